The monoisotopic (exact) mass is 363 g/mol. The van der Waals surface area contributed by atoms with Gasteiger partial charge >= 0.3 is 0 Å². The molecule has 0 radical (unpaired) electrons. The van der Waals surface area contributed by atoms with Gasteiger partial charge in [-0.2, -0.15) is 0 Å². The number of carbonyl (C=O) groups excluding carboxylic acids is 1. The fourth-order valence-electron chi connectivity index (χ4n) is 2.08. The molecule has 0 saturated carbocycles. The van der Waals surface area contributed by atoms with Gasteiger partial charge in [0.05, 0.1) is 16.9 Å². The maximum atomic E-state index is 12.3. The number of anilines is 2. The van der Waals surface area contributed by atoms with Crippen molar-refractivity contribution in [1.82, 2.24) is 4.98 Å². The van der Waals surface area contributed by atoms with Crippen molar-refractivity contribution in [1.29, 1.82) is 0 Å². The number of nitrogens with two attached hydrogens (primary N) is 1. The number of halogens is 2. The Labute approximate surface area is 134 Å². The van der Waals surface area contributed by atoms with E-state index in [1.54, 1.807) is 30.3 Å². The number of fused-ring (bicyclic) bond motifs is 1. The molecule has 106 valence electrons. The molecule has 0 unspecified atom stereocenters. The first-order valence-corrected chi connectivity index (χ1v) is 7.35. The van der Waals surface area contributed by atoms with Crippen LogP contribution >= 0.6 is 27.5 Å². The van der Waals surface area contributed by atoms with E-state index in [0.717, 1.165) is 15.4 Å². The second-order valence-electron chi connectivity index (χ2n) is 4.57. The summed E-state index contributed by atoms with van der Waals surface area (Å²) in [6, 6.07) is 12.5. The Hall–Kier alpha value is -1.98. The number of para-hydroxylation sites is 1. The molecule has 1 heterocycles. The number of rotatable bonds is 2. The molecule has 6 heteroatoms. The second kappa shape index (κ2) is 5.42. The summed E-state index contributed by atoms with van der Waals surface area (Å²) in [4.78, 5) is 15.3. The van der Waals surface area contributed by atoms with Gasteiger partial charge in [0, 0.05) is 14.9 Å². The molecule has 0 aliphatic carbocycles. The van der Waals surface area contributed by atoms with E-state index in [0.29, 0.717) is 22.1 Å². The highest BCUT2D eigenvalue weighted by atomic mass is 79.9. The number of benzene rings is 2. The number of hydrogen-bond acceptors (Lipinski definition) is 2. The number of nitrogen functional groups attached to an aromatic ring is 1. The Morgan fingerprint density at radius 3 is 2.76 bits per heavy atom. The van der Waals surface area contributed by atoms with Crippen LogP contribution in [-0.2, 0) is 0 Å². The van der Waals surface area contributed by atoms with Crippen LogP contribution in [0.5, 0.6) is 0 Å². The molecule has 0 spiro atoms. The number of amides is 1. The molecule has 2 aromatic carbocycles. The molecule has 21 heavy (non-hydrogen) atoms. The maximum absolute atomic E-state index is 12.3. The predicted molar refractivity (Wildman–Crippen MR) is 89.8 cm³/mol. The van der Waals surface area contributed by atoms with Gasteiger partial charge in [-0.15, -0.1) is 0 Å². The molecule has 1 amide bonds. The van der Waals surface area contributed by atoms with Gasteiger partial charge in [-0.1, -0.05) is 23.7 Å². The number of carbonyl (C=O) groups is 1. The first-order valence-electron chi connectivity index (χ1n) is 6.18. The molecule has 0 saturated heterocycles. The fraction of sp³-hybridized carbons (Fsp3) is 0. The minimum absolute atomic E-state index is 0.242. The molecular weight excluding hydrogens is 354 g/mol. The van der Waals surface area contributed by atoms with Crippen molar-refractivity contribution in [3.8, 4) is 0 Å². The van der Waals surface area contributed by atoms with Gasteiger partial charge in [0.2, 0.25) is 0 Å². The van der Waals surface area contributed by atoms with E-state index in [9.17, 15) is 4.79 Å². The van der Waals surface area contributed by atoms with E-state index >= 15 is 0 Å². The number of aromatic nitrogens is 1. The number of H-pyrrole nitrogens is 1. The Bertz CT molecular complexity index is 844. The van der Waals surface area contributed by atoms with Crippen molar-refractivity contribution in [2.75, 3.05) is 11.1 Å². The number of aromatic amines is 1. The molecular formula is C15H11BrClN3O. The topological polar surface area (TPSA) is 70.9 Å². The highest BCUT2D eigenvalue weighted by molar-refractivity contribution is 9.10. The van der Waals surface area contributed by atoms with Gasteiger partial charge in [-0.25, -0.2) is 0 Å². The largest absolute Gasteiger partial charge is 0.397 e. The van der Waals surface area contributed by atoms with Crippen LogP contribution in [0.2, 0.25) is 5.02 Å². The Kier molecular flexibility index (Phi) is 3.61. The zero-order chi connectivity index (χ0) is 15.0. The SMILES string of the molecule is Nc1cccc2cc(C(=O)Nc3ccc(Cl)cc3Br)[nH]c12. The van der Waals surface area contributed by atoms with E-state index in [-0.39, 0.29) is 5.91 Å². The molecule has 0 atom stereocenters. The summed E-state index contributed by atoms with van der Waals surface area (Å²) in [7, 11) is 0. The van der Waals surface area contributed by atoms with Crippen molar-refractivity contribution < 1.29 is 4.79 Å². The zero-order valence-corrected chi connectivity index (χ0v) is 13.1. The molecule has 3 rings (SSSR count). The molecule has 0 fully saturated rings. The third kappa shape index (κ3) is 2.75. The summed E-state index contributed by atoms with van der Waals surface area (Å²) < 4.78 is 0.721. The summed E-state index contributed by atoms with van der Waals surface area (Å²) in [6.07, 6.45) is 0. The molecule has 0 aliphatic heterocycles. The van der Waals surface area contributed by atoms with Crippen molar-refractivity contribution in [2.45, 2.75) is 0 Å². The smallest absolute Gasteiger partial charge is 0.272 e. The van der Waals surface area contributed by atoms with Crippen LogP contribution in [0.1, 0.15) is 10.5 Å². The lowest BCUT2D eigenvalue weighted by Crippen LogP contribution is -2.12. The zero-order valence-electron chi connectivity index (χ0n) is 10.8. The van der Waals surface area contributed by atoms with Crippen LogP contribution in [0.4, 0.5) is 11.4 Å². The normalized spacial score (nSPS) is 10.8. The van der Waals surface area contributed by atoms with E-state index in [1.165, 1.54) is 0 Å². The van der Waals surface area contributed by atoms with Gasteiger partial charge in [0.15, 0.2) is 0 Å². The lowest BCUT2D eigenvalue weighted by Gasteiger charge is -2.06. The second-order valence-corrected chi connectivity index (χ2v) is 5.86. The van der Waals surface area contributed by atoms with Crippen LogP contribution in [-0.4, -0.2) is 10.9 Å². The van der Waals surface area contributed by atoms with E-state index in [2.05, 4.69) is 26.2 Å². The summed E-state index contributed by atoms with van der Waals surface area (Å²) in [5, 5.41) is 4.31. The van der Waals surface area contributed by atoms with E-state index in [1.807, 2.05) is 12.1 Å². The van der Waals surface area contributed by atoms with Crippen LogP contribution in [0.25, 0.3) is 10.9 Å². The lowest BCUT2D eigenvalue weighted by atomic mass is 10.2. The summed E-state index contributed by atoms with van der Waals surface area (Å²) in [5.74, 6) is -0.242. The maximum Gasteiger partial charge on any atom is 0.272 e. The molecule has 0 aliphatic rings. The van der Waals surface area contributed by atoms with Gasteiger partial charge in [0.25, 0.3) is 5.91 Å². The average Bonchev–Trinajstić information content (AvgIpc) is 2.87. The molecule has 0 bridgehead atoms. The van der Waals surface area contributed by atoms with Crippen LogP contribution in [0.3, 0.4) is 0 Å². The molecule has 3 aromatic rings. The van der Waals surface area contributed by atoms with Crippen molar-refractivity contribution in [3.63, 3.8) is 0 Å². The Morgan fingerprint density at radius 1 is 1.24 bits per heavy atom. The molecule has 4 N–H and O–H groups in total. The van der Waals surface area contributed by atoms with Crippen molar-refractivity contribution >= 4 is 55.7 Å². The fourth-order valence-corrected chi connectivity index (χ4v) is 2.86. The van der Waals surface area contributed by atoms with Gasteiger partial charge < -0.3 is 16.0 Å². The quantitative estimate of drug-likeness (QED) is 0.589. The predicted octanol–water partition coefficient (Wildman–Crippen LogP) is 4.42. The Morgan fingerprint density at radius 2 is 2.05 bits per heavy atom. The number of nitrogens with one attached hydrogen (secondary N) is 2. The summed E-state index contributed by atoms with van der Waals surface area (Å²) in [5.41, 5.74) is 8.35. The van der Waals surface area contributed by atoms with Crippen LogP contribution in [0, 0.1) is 0 Å². The Balaban J connectivity index is 1.92. The van der Waals surface area contributed by atoms with Gasteiger partial charge in [-0.3, -0.25) is 4.79 Å². The highest BCUT2D eigenvalue weighted by Crippen LogP contribution is 2.27. The summed E-state index contributed by atoms with van der Waals surface area (Å²) >= 11 is 9.24. The van der Waals surface area contributed by atoms with Crippen molar-refractivity contribution in [2.24, 2.45) is 0 Å². The minimum atomic E-state index is -0.242. The van der Waals surface area contributed by atoms with Gasteiger partial charge in [-0.05, 0) is 46.3 Å². The highest BCUT2D eigenvalue weighted by Gasteiger charge is 2.12. The molecule has 1 aromatic heterocycles. The van der Waals surface area contributed by atoms with Crippen LogP contribution in [0.15, 0.2) is 46.9 Å². The third-order valence-corrected chi connectivity index (χ3v) is 4.00. The first-order chi connectivity index (χ1) is 10.0. The minimum Gasteiger partial charge on any atom is -0.397 e. The molecule has 4 nitrogen and oxygen atoms in total. The standard InChI is InChI=1S/C15H11BrClN3O/c16-10-7-9(17)4-5-12(10)20-15(21)13-6-8-2-1-3-11(18)14(8)19-13/h1-7,19H,18H2,(H,20,21). The van der Waals surface area contributed by atoms with Crippen molar-refractivity contribution in [3.05, 3.63) is 57.7 Å². The average molecular weight is 365 g/mol. The van der Waals surface area contributed by atoms with Gasteiger partial charge in [0.1, 0.15) is 5.69 Å². The van der Waals surface area contributed by atoms with Crippen LogP contribution < -0.4 is 11.1 Å². The third-order valence-electron chi connectivity index (χ3n) is 3.11. The first kappa shape index (κ1) is 14.0. The van der Waals surface area contributed by atoms with E-state index in [4.69, 9.17) is 17.3 Å². The van der Waals surface area contributed by atoms with E-state index < -0.39 is 0 Å². The lowest BCUT2D eigenvalue weighted by molar-refractivity contribution is 0.102. The summed E-state index contributed by atoms with van der Waals surface area (Å²) in [6.45, 7) is 0. The number of hydrogen-bond donors (Lipinski definition) is 3.